The molecule has 0 amide bonds. The van der Waals surface area contributed by atoms with Crippen molar-refractivity contribution in [3.63, 3.8) is 0 Å². The average Bonchev–Trinajstić information content (AvgIpc) is 2.85. The summed E-state index contributed by atoms with van der Waals surface area (Å²) in [7, 11) is 1.60. The van der Waals surface area contributed by atoms with Crippen molar-refractivity contribution in [3.05, 3.63) is 30.2 Å². The smallest absolute Gasteiger partial charge is 0.303 e. The van der Waals surface area contributed by atoms with Crippen molar-refractivity contribution in [1.82, 2.24) is 10.1 Å². The van der Waals surface area contributed by atoms with Gasteiger partial charge in [0.2, 0.25) is 11.7 Å². The molecule has 6 heteroatoms. The normalized spacial score (nSPS) is 11.4. The second-order valence-electron chi connectivity index (χ2n) is 5.65. The lowest BCUT2D eigenvalue weighted by molar-refractivity contribution is -0.139. The zero-order valence-electron chi connectivity index (χ0n) is 12.3. The predicted molar refractivity (Wildman–Crippen MR) is 76.0 cm³/mol. The van der Waals surface area contributed by atoms with Gasteiger partial charge in [0.15, 0.2) is 0 Å². The van der Waals surface area contributed by atoms with Crippen molar-refractivity contribution < 1.29 is 19.2 Å². The molecule has 0 atom stereocenters. The summed E-state index contributed by atoms with van der Waals surface area (Å²) in [5.41, 5.74) is 0.386. The van der Waals surface area contributed by atoms with E-state index in [-0.39, 0.29) is 6.42 Å². The third-order valence-electron chi connectivity index (χ3n) is 3.08. The molecule has 1 aromatic carbocycles. The Morgan fingerprint density at radius 2 is 2.00 bits per heavy atom. The fourth-order valence-electron chi connectivity index (χ4n) is 2.07. The summed E-state index contributed by atoms with van der Waals surface area (Å²) in [5.74, 6) is 0.839. The van der Waals surface area contributed by atoms with E-state index in [1.54, 1.807) is 7.11 Å². The van der Waals surface area contributed by atoms with Crippen molar-refractivity contribution in [3.8, 4) is 17.1 Å². The number of hydrogen-bond acceptors (Lipinski definition) is 5. The molecule has 0 aliphatic heterocycles. The highest BCUT2D eigenvalue weighted by Gasteiger charge is 2.25. The number of hydrogen-bond donors (Lipinski definition) is 1. The van der Waals surface area contributed by atoms with Gasteiger partial charge in [-0.1, -0.05) is 19.0 Å². The van der Waals surface area contributed by atoms with Gasteiger partial charge in [0.25, 0.3) is 0 Å². The zero-order chi connectivity index (χ0) is 15.5. The number of rotatable bonds is 6. The van der Waals surface area contributed by atoms with Gasteiger partial charge < -0.3 is 14.4 Å². The molecule has 21 heavy (non-hydrogen) atoms. The van der Waals surface area contributed by atoms with Crippen molar-refractivity contribution in [1.29, 1.82) is 0 Å². The summed E-state index contributed by atoms with van der Waals surface area (Å²) in [6.07, 6.45) is 0.468. The number of methoxy groups -OCH3 is 1. The number of carboxylic acids is 1. The predicted octanol–water partition coefficient (Wildman–Crippen LogP) is 2.79. The molecule has 2 rings (SSSR count). The summed E-state index contributed by atoms with van der Waals surface area (Å²) in [6.45, 7) is 3.72. The highest BCUT2D eigenvalue weighted by atomic mass is 16.5. The quantitative estimate of drug-likeness (QED) is 0.880. The minimum Gasteiger partial charge on any atom is -0.497 e. The van der Waals surface area contributed by atoms with Crippen LogP contribution in [0.3, 0.4) is 0 Å². The molecule has 1 N–H and O–H groups in total. The third kappa shape index (κ3) is 4.05. The van der Waals surface area contributed by atoms with Crippen LogP contribution in [0.15, 0.2) is 28.8 Å². The Morgan fingerprint density at radius 1 is 1.33 bits per heavy atom. The maximum Gasteiger partial charge on any atom is 0.303 e. The Hall–Kier alpha value is -2.37. The molecule has 1 heterocycles. The van der Waals surface area contributed by atoms with Crippen LogP contribution in [0.2, 0.25) is 0 Å². The first kappa shape index (κ1) is 15.0. The van der Waals surface area contributed by atoms with E-state index >= 15 is 0 Å². The summed E-state index contributed by atoms with van der Waals surface area (Å²) >= 11 is 0. The SMILES string of the molecule is COc1ccc(-c2noc(CC(C)(C)CC(=O)O)n2)cc1. The second kappa shape index (κ2) is 5.95. The Kier molecular flexibility index (Phi) is 4.26. The summed E-state index contributed by atoms with van der Waals surface area (Å²) in [4.78, 5) is 15.1. The number of aromatic nitrogens is 2. The van der Waals surface area contributed by atoms with Gasteiger partial charge in [0.05, 0.1) is 13.5 Å². The first-order chi connectivity index (χ1) is 9.89. The molecule has 6 nitrogen and oxygen atoms in total. The van der Waals surface area contributed by atoms with Gasteiger partial charge in [-0.25, -0.2) is 0 Å². The van der Waals surface area contributed by atoms with Crippen LogP contribution < -0.4 is 4.74 Å². The molecule has 0 saturated carbocycles. The van der Waals surface area contributed by atoms with Crippen LogP contribution in [0.1, 0.15) is 26.2 Å². The molecule has 0 radical (unpaired) electrons. The number of nitrogens with zero attached hydrogens (tertiary/aromatic N) is 2. The van der Waals surface area contributed by atoms with Gasteiger partial charge in [-0.05, 0) is 29.7 Å². The molecular formula is C15H18N2O4. The molecule has 2 aromatic rings. The lowest BCUT2D eigenvalue weighted by Gasteiger charge is -2.19. The lowest BCUT2D eigenvalue weighted by Crippen LogP contribution is -2.19. The minimum absolute atomic E-state index is 0.0489. The van der Waals surface area contributed by atoms with Crippen LogP contribution in [-0.4, -0.2) is 28.3 Å². The molecule has 0 aliphatic rings. The number of ether oxygens (including phenoxy) is 1. The highest BCUT2D eigenvalue weighted by molar-refractivity contribution is 5.67. The van der Waals surface area contributed by atoms with Gasteiger partial charge >= 0.3 is 5.97 Å². The molecule has 0 aliphatic carbocycles. The Labute approximate surface area is 122 Å². The number of carbonyl (C=O) groups is 1. The summed E-state index contributed by atoms with van der Waals surface area (Å²) < 4.78 is 10.3. The Balaban J connectivity index is 2.12. The first-order valence-corrected chi connectivity index (χ1v) is 6.58. The van der Waals surface area contributed by atoms with Gasteiger partial charge in [0, 0.05) is 12.0 Å². The molecule has 0 unspecified atom stereocenters. The van der Waals surface area contributed by atoms with E-state index in [0.717, 1.165) is 11.3 Å². The van der Waals surface area contributed by atoms with Crippen LogP contribution in [0, 0.1) is 5.41 Å². The second-order valence-corrected chi connectivity index (χ2v) is 5.65. The van der Waals surface area contributed by atoms with Crippen molar-refractivity contribution in [2.45, 2.75) is 26.7 Å². The molecule has 0 spiro atoms. The molecular weight excluding hydrogens is 272 g/mol. The van der Waals surface area contributed by atoms with E-state index in [4.69, 9.17) is 14.4 Å². The van der Waals surface area contributed by atoms with Gasteiger partial charge in [-0.15, -0.1) is 0 Å². The maximum atomic E-state index is 10.8. The van der Waals surface area contributed by atoms with E-state index in [1.165, 1.54) is 0 Å². The number of benzene rings is 1. The van der Waals surface area contributed by atoms with Crippen molar-refractivity contribution in [2.24, 2.45) is 5.41 Å². The Bertz CT molecular complexity index is 617. The summed E-state index contributed by atoms with van der Waals surface area (Å²) in [5, 5.41) is 12.8. The third-order valence-corrected chi connectivity index (χ3v) is 3.08. The van der Waals surface area contributed by atoms with E-state index in [1.807, 2.05) is 38.1 Å². The summed E-state index contributed by atoms with van der Waals surface area (Å²) in [6, 6.07) is 7.32. The van der Waals surface area contributed by atoms with Crippen molar-refractivity contribution >= 4 is 5.97 Å². The van der Waals surface area contributed by atoms with Crippen LogP contribution in [-0.2, 0) is 11.2 Å². The number of aliphatic carboxylic acids is 1. The van der Waals surface area contributed by atoms with Crippen LogP contribution in [0.4, 0.5) is 0 Å². The fraction of sp³-hybridized carbons (Fsp3) is 0.400. The fourth-order valence-corrected chi connectivity index (χ4v) is 2.07. The van der Waals surface area contributed by atoms with Crippen LogP contribution in [0.25, 0.3) is 11.4 Å². The topological polar surface area (TPSA) is 85.5 Å². The van der Waals surface area contributed by atoms with Crippen LogP contribution >= 0.6 is 0 Å². The first-order valence-electron chi connectivity index (χ1n) is 6.58. The lowest BCUT2D eigenvalue weighted by atomic mass is 9.86. The molecule has 0 saturated heterocycles. The van der Waals surface area contributed by atoms with Gasteiger partial charge in [-0.3, -0.25) is 4.79 Å². The molecule has 1 aromatic heterocycles. The minimum atomic E-state index is -0.838. The van der Waals surface area contributed by atoms with Gasteiger partial charge in [0.1, 0.15) is 5.75 Å². The maximum absolute atomic E-state index is 10.8. The Morgan fingerprint density at radius 3 is 2.57 bits per heavy atom. The van der Waals surface area contributed by atoms with E-state index in [2.05, 4.69) is 10.1 Å². The molecule has 112 valence electrons. The molecule has 0 fully saturated rings. The number of carboxylic acid groups (broad SMARTS) is 1. The monoisotopic (exact) mass is 290 g/mol. The highest BCUT2D eigenvalue weighted by Crippen LogP contribution is 2.26. The zero-order valence-corrected chi connectivity index (χ0v) is 12.3. The van der Waals surface area contributed by atoms with E-state index in [0.29, 0.717) is 18.1 Å². The van der Waals surface area contributed by atoms with Crippen LogP contribution in [0.5, 0.6) is 5.75 Å². The average molecular weight is 290 g/mol. The van der Waals surface area contributed by atoms with Crippen molar-refractivity contribution in [2.75, 3.05) is 7.11 Å². The molecule has 0 bridgehead atoms. The van der Waals surface area contributed by atoms with E-state index < -0.39 is 11.4 Å². The van der Waals surface area contributed by atoms with Gasteiger partial charge in [-0.2, -0.15) is 4.98 Å². The standard InChI is InChI=1S/C15H18N2O4/c1-15(2,9-13(18)19)8-12-16-14(17-21-12)10-4-6-11(20-3)7-5-10/h4-7H,8-9H2,1-3H3,(H,18,19). The largest absolute Gasteiger partial charge is 0.497 e. The van der Waals surface area contributed by atoms with E-state index in [9.17, 15) is 4.79 Å².